The van der Waals surface area contributed by atoms with Gasteiger partial charge < -0.3 is 33.2 Å². The van der Waals surface area contributed by atoms with Crippen molar-refractivity contribution >= 4 is 12.2 Å². The summed E-state index contributed by atoms with van der Waals surface area (Å²) in [6.07, 6.45) is 4.25. The van der Waals surface area contributed by atoms with Crippen molar-refractivity contribution in [1.82, 2.24) is 0 Å². The highest BCUT2D eigenvalue weighted by Gasteiger charge is 2.15. The molecule has 0 saturated carbocycles. The minimum Gasteiger partial charge on any atom is -1.00 e. The number of nitrogens with zero attached hydrogens (tertiary/aromatic N) is 1. The molecule has 24 heavy (non-hydrogen) atoms. The molecule has 0 atom stereocenters. The zero-order valence-electron chi connectivity index (χ0n) is 14.9. The Morgan fingerprint density at radius 2 is 1.38 bits per heavy atom. The van der Waals surface area contributed by atoms with E-state index in [4.69, 9.17) is 4.74 Å². The van der Waals surface area contributed by atoms with Crippen LogP contribution in [0, 0.1) is 0 Å². The van der Waals surface area contributed by atoms with E-state index in [9.17, 15) is 0 Å². The van der Waals surface area contributed by atoms with E-state index in [-0.39, 0.29) is 24.0 Å². The summed E-state index contributed by atoms with van der Waals surface area (Å²) < 4.78 is 6.94. The molecule has 0 saturated heterocycles. The van der Waals surface area contributed by atoms with Gasteiger partial charge in [0, 0.05) is 0 Å². The lowest BCUT2D eigenvalue weighted by Crippen LogP contribution is -3.00. The molecule has 2 aromatic carbocycles. The maximum absolute atomic E-state index is 5.88. The minimum atomic E-state index is 0. The van der Waals surface area contributed by atoms with Crippen LogP contribution in [0.1, 0.15) is 25.0 Å². The summed E-state index contributed by atoms with van der Waals surface area (Å²) in [4.78, 5) is 0. The topological polar surface area (TPSA) is 9.23 Å². The van der Waals surface area contributed by atoms with E-state index in [0.717, 1.165) is 36.5 Å². The Kier molecular flexibility index (Phi) is 9.08. The second-order valence-corrected chi connectivity index (χ2v) is 6.14. The Bertz CT molecular complexity index is 603. The first-order valence-corrected chi connectivity index (χ1v) is 8.45. The van der Waals surface area contributed by atoms with Gasteiger partial charge in [0.1, 0.15) is 18.9 Å². The van der Waals surface area contributed by atoms with Gasteiger partial charge in [-0.3, -0.25) is 0 Å². The van der Waals surface area contributed by atoms with Crippen molar-refractivity contribution < 1.29 is 33.2 Å². The van der Waals surface area contributed by atoms with Crippen molar-refractivity contribution in [2.75, 3.05) is 33.3 Å². The van der Waals surface area contributed by atoms with Crippen LogP contribution < -0.4 is 28.7 Å². The molecule has 0 aliphatic rings. The van der Waals surface area contributed by atoms with Crippen LogP contribution in [0.5, 0.6) is 5.75 Å². The number of quaternary nitrogens is 1. The molecule has 0 unspecified atom stereocenters. The number of likely N-dealkylation sites (N-methyl/N-ethyl adjacent to an activating group) is 1. The van der Waals surface area contributed by atoms with E-state index in [1.165, 1.54) is 11.1 Å². The maximum Gasteiger partial charge on any atom is 0.137 e. The fraction of sp³-hybridized carbons (Fsp3) is 0.333. The third-order valence-electron chi connectivity index (χ3n) is 4.57. The average Bonchev–Trinajstić information content (AvgIpc) is 2.62. The summed E-state index contributed by atoms with van der Waals surface area (Å²) in [6.45, 7) is 8.56. The lowest BCUT2D eigenvalue weighted by atomic mass is 10.1. The van der Waals surface area contributed by atoms with E-state index in [2.05, 4.69) is 69.4 Å². The molecule has 0 fully saturated rings. The molecule has 0 N–H and O–H groups in total. The van der Waals surface area contributed by atoms with Gasteiger partial charge in [-0.2, -0.15) is 0 Å². The van der Waals surface area contributed by atoms with Gasteiger partial charge in [-0.15, -0.1) is 0 Å². The van der Waals surface area contributed by atoms with Crippen molar-refractivity contribution in [3.05, 3.63) is 65.7 Å². The first kappa shape index (κ1) is 20.7. The Morgan fingerprint density at radius 3 is 1.92 bits per heavy atom. The van der Waals surface area contributed by atoms with Crippen LogP contribution in [0.4, 0.5) is 0 Å². The average molecular weight is 437 g/mol. The largest absolute Gasteiger partial charge is 1.00 e. The van der Waals surface area contributed by atoms with E-state index >= 15 is 0 Å². The Labute approximate surface area is 163 Å². The molecule has 0 aliphatic heterocycles. The number of halogens is 1. The Hall–Kier alpha value is -1.33. The lowest BCUT2D eigenvalue weighted by molar-refractivity contribution is -0.906. The van der Waals surface area contributed by atoms with E-state index in [1.54, 1.807) is 0 Å². The number of rotatable bonds is 8. The fourth-order valence-electron chi connectivity index (χ4n) is 2.36. The number of benzene rings is 2. The van der Waals surface area contributed by atoms with Gasteiger partial charge in [-0.25, -0.2) is 0 Å². The van der Waals surface area contributed by atoms with Gasteiger partial charge in [0.25, 0.3) is 0 Å². The van der Waals surface area contributed by atoms with Crippen molar-refractivity contribution in [2.45, 2.75) is 13.8 Å². The highest BCUT2D eigenvalue weighted by molar-refractivity contribution is 5.69. The molecule has 130 valence electrons. The molecule has 3 heteroatoms. The normalized spacial score (nSPS) is 11.3. The van der Waals surface area contributed by atoms with Crippen LogP contribution >= 0.6 is 0 Å². The minimum absolute atomic E-state index is 0. The zero-order chi connectivity index (χ0) is 16.5. The van der Waals surface area contributed by atoms with Crippen LogP contribution in [0.3, 0.4) is 0 Å². The smallest absolute Gasteiger partial charge is 0.137 e. The van der Waals surface area contributed by atoms with Crippen LogP contribution in [0.25, 0.3) is 12.2 Å². The van der Waals surface area contributed by atoms with Crippen molar-refractivity contribution in [3.8, 4) is 5.75 Å². The van der Waals surface area contributed by atoms with Gasteiger partial charge in [-0.05, 0) is 37.1 Å². The molecule has 0 bridgehead atoms. The second-order valence-electron chi connectivity index (χ2n) is 6.14. The molecule has 0 radical (unpaired) electrons. The van der Waals surface area contributed by atoms with Gasteiger partial charge in [0.15, 0.2) is 0 Å². The summed E-state index contributed by atoms with van der Waals surface area (Å²) in [5.74, 6) is 0.945. The third-order valence-corrected chi connectivity index (χ3v) is 4.57. The molecule has 2 rings (SSSR count). The van der Waals surface area contributed by atoms with E-state index < -0.39 is 0 Å². The molecular formula is C21H28INO. The number of hydrogen-bond acceptors (Lipinski definition) is 1. The van der Waals surface area contributed by atoms with Crippen molar-refractivity contribution in [2.24, 2.45) is 0 Å². The highest BCUT2D eigenvalue weighted by Crippen LogP contribution is 2.15. The van der Waals surface area contributed by atoms with Crippen LogP contribution in [-0.2, 0) is 0 Å². The van der Waals surface area contributed by atoms with Crippen molar-refractivity contribution in [3.63, 3.8) is 0 Å². The second kappa shape index (κ2) is 10.5. The molecule has 0 aromatic heterocycles. The summed E-state index contributed by atoms with van der Waals surface area (Å²) in [5.41, 5.74) is 2.40. The van der Waals surface area contributed by atoms with Crippen LogP contribution in [-0.4, -0.2) is 37.8 Å². The standard InChI is InChI=1S/C21H28NO.HI/c1-4-22(3,5-2)17-18-23-21-15-13-20(14-16-21)12-11-19-9-7-6-8-10-19;/h6-16H,4-5,17-18H2,1-3H3;1H/q+1;/p-1/b12-11+;. The quantitative estimate of drug-likeness (QED) is 0.347. The maximum atomic E-state index is 5.88. The SMILES string of the molecule is CC[N+](C)(CC)CCOc1ccc(/C=C/c2ccccc2)cc1.[I-]. The molecular weight excluding hydrogens is 409 g/mol. The predicted octanol–water partition coefficient (Wildman–Crippen LogP) is 1.73. The highest BCUT2D eigenvalue weighted by atomic mass is 127. The zero-order valence-corrected chi connectivity index (χ0v) is 17.1. The van der Waals surface area contributed by atoms with Gasteiger partial charge in [-0.1, -0.05) is 54.6 Å². The molecule has 0 spiro atoms. The number of ether oxygens (including phenoxy) is 1. The third kappa shape index (κ3) is 6.65. The molecule has 0 amide bonds. The monoisotopic (exact) mass is 437 g/mol. The summed E-state index contributed by atoms with van der Waals surface area (Å²) >= 11 is 0. The van der Waals surface area contributed by atoms with Gasteiger partial charge >= 0.3 is 0 Å². The molecule has 0 aliphatic carbocycles. The van der Waals surface area contributed by atoms with Crippen LogP contribution in [0.2, 0.25) is 0 Å². The number of hydrogen-bond donors (Lipinski definition) is 0. The lowest BCUT2D eigenvalue weighted by Gasteiger charge is -2.31. The predicted molar refractivity (Wildman–Crippen MR) is 99.4 cm³/mol. The Morgan fingerprint density at radius 1 is 0.833 bits per heavy atom. The molecule has 2 nitrogen and oxygen atoms in total. The van der Waals surface area contributed by atoms with Gasteiger partial charge in [0.05, 0.1) is 20.1 Å². The fourth-order valence-corrected chi connectivity index (χ4v) is 2.36. The molecule has 2 aromatic rings. The van der Waals surface area contributed by atoms with Crippen molar-refractivity contribution in [1.29, 1.82) is 0 Å². The summed E-state index contributed by atoms with van der Waals surface area (Å²) in [6, 6.07) is 18.6. The first-order chi connectivity index (χ1) is 11.1. The van der Waals surface area contributed by atoms with E-state index in [0.29, 0.717) is 0 Å². The molecule has 0 heterocycles. The summed E-state index contributed by atoms with van der Waals surface area (Å²) in [7, 11) is 2.28. The van der Waals surface area contributed by atoms with Crippen LogP contribution in [0.15, 0.2) is 54.6 Å². The first-order valence-electron chi connectivity index (χ1n) is 8.45. The Balaban J connectivity index is 0.00000288. The van der Waals surface area contributed by atoms with E-state index in [1.807, 2.05) is 18.2 Å². The van der Waals surface area contributed by atoms with Gasteiger partial charge in [0.2, 0.25) is 0 Å². The summed E-state index contributed by atoms with van der Waals surface area (Å²) in [5, 5.41) is 0.